The zero-order valence-corrected chi connectivity index (χ0v) is 23.0. The lowest BCUT2D eigenvalue weighted by Gasteiger charge is -2.27. The predicted octanol–water partition coefficient (Wildman–Crippen LogP) is 6.59. The van der Waals surface area contributed by atoms with Gasteiger partial charge in [0.25, 0.3) is 0 Å². The van der Waals surface area contributed by atoms with Crippen molar-refractivity contribution in [3.05, 3.63) is 58.1 Å². The van der Waals surface area contributed by atoms with Crippen molar-refractivity contribution in [2.24, 2.45) is 10.3 Å². The SMILES string of the molecule is CCC/C(=N\OCC)C1=C(O)CC(c2cccc(C3CC(=O)C(/C(CCC)=N/OCC)=C(O)C3)c2)CC1=O. The Hall–Kier alpha value is -3.42. The Labute approximate surface area is 225 Å². The van der Waals surface area contributed by atoms with Gasteiger partial charge < -0.3 is 19.9 Å². The smallest absolute Gasteiger partial charge is 0.168 e. The molecule has 0 fully saturated rings. The molecular weight excluding hydrogens is 484 g/mol. The highest BCUT2D eigenvalue weighted by Gasteiger charge is 2.34. The standard InChI is InChI=1S/C30H40N2O6/c1-5-10-23(31-37-7-3)29-25(33)15-21(16-26(29)34)19-12-9-13-20(14-19)22-17-27(35)30(28(36)18-22)24(11-6-2)32-38-8-4/h9,12-14,21-22,33,35H,5-8,10-11,15-18H2,1-4H3/b31-23+,32-24+. The van der Waals surface area contributed by atoms with Gasteiger partial charge in [0.15, 0.2) is 11.6 Å². The van der Waals surface area contributed by atoms with E-state index in [4.69, 9.17) is 9.68 Å². The molecule has 38 heavy (non-hydrogen) atoms. The maximum absolute atomic E-state index is 13.1. The van der Waals surface area contributed by atoms with Crippen LogP contribution >= 0.6 is 0 Å². The van der Waals surface area contributed by atoms with E-state index >= 15 is 0 Å². The molecule has 0 saturated heterocycles. The first kappa shape index (κ1) is 29.1. The highest BCUT2D eigenvalue weighted by Crippen LogP contribution is 2.39. The van der Waals surface area contributed by atoms with Crippen LogP contribution in [0.4, 0.5) is 0 Å². The number of allylic oxidation sites excluding steroid dienone is 4. The zero-order valence-electron chi connectivity index (χ0n) is 23.0. The molecule has 3 rings (SSSR count). The van der Waals surface area contributed by atoms with Crippen LogP contribution in [0.15, 0.2) is 57.2 Å². The number of carbonyl (C=O) groups excluding carboxylic acids is 2. The van der Waals surface area contributed by atoms with E-state index in [1.165, 1.54) is 0 Å². The van der Waals surface area contributed by atoms with Crippen LogP contribution in [-0.4, -0.2) is 46.4 Å². The molecule has 8 heteroatoms. The van der Waals surface area contributed by atoms with Crippen LogP contribution in [0.2, 0.25) is 0 Å². The van der Waals surface area contributed by atoms with E-state index in [-0.39, 0.29) is 58.9 Å². The van der Waals surface area contributed by atoms with E-state index in [0.29, 0.717) is 50.3 Å². The van der Waals surface area contributed by atoms with E-state index < -0.39 is 0 Å². The molecule has 2 atom stereocenters. The van der Waals surface area contributed by atoms with Gasteiger partial charge in [0.05, 0.1) is 22.6 Å². The van der Waals surface area contributed by atoms with Gasteiger partial charge in [0.2, 0.25) is 0 Å². The summed E-state index contributed by atoms with van der Waals surface area (Å²) in [5.41, 5.74) is 3.41. The summed E-state index contributed by atoms with van der Waals surface area (Å²) >= 11 is 0. The van der Waals surface area contributed by atoms with Gasteiger partial charge in [0.1, 0.15) is 24.7 Å². The summed E-state index contributed by atoms with van der Waals surface area (Å²) in [6.07, 6.45) is 3.82. The molecule has 2 aliphatic carbocycles. The lowest BCUT2D eigenvalue weighted by Crippen LogP contribution is -2.25. The predicted molar refractivity (Wildman–Crippen MR) is 148 cm³/mol. The molecule has 0 aliphatic heterocycles. The Kier molecular flexibility index (Phi) is 10.7. The van der Waals surface area contributed by atoms with E-state index in [0.717, 1.165) is 24.0 Å². The first-order chi connectivity index (χ1) is 18.3. The number of aliphatic hydroxyl groups is 2. The molecule has 8 nitrogen and oxygen atoms in total. The summed E-state index contributed by atoms with van der Waals surface area (Å²) in [7, 11) is 0. The molecule has 206 valence electrons. The largest absolute Gasteiger partial charge is 0.511 e. The molecule has 2 aliphatic rings. The number of ketones is 2. The Balaban J connectivity index is 1.84. The van der Waals surface area contributed by atoms with E-state index in [1.54, 1.807) is 0 Å². The fourth-order valence-electron chi connectivity index (χ4n) is 5.17. The Bertz CT molecular complexity index is 1060. The molecule has 0 heterocycles. The van der Waals surface area contributed by atoms with Crippen molar-refractivity contribution in [2.75, 3.05) is 13.2 Å². The summed E-state index contributed by atoms with van der Waals surface area (Å²) in [6.45, 7) is 8.40. The second kappa shape index (κ2) is 13.9. The molecular formula is C30H40N2O6. The molecule has 0 aromatic heterocycles. The minimum Gasteiger partial charge on any atom is -0.511 e. The van der Waals surface area contributed by atoms with Crippen molar-refractivity contribution >= 4 is 23.0 Å². The number of oxime groups is 2. The lowest BCUT2D eigenvalue weighted by atomic mass is 9.77. The molecule has 0 spiro atoms. The highest BCUT2D eigenvalue weighted by molar-refractivity contribution is 6.23. The fourth-order valence-corrected chi connectivity index (χ4v) is 5.17. The Morgan fingerprint density at radius 1 is 0.763 bits per heavy atom. The average molecular weight is 525 g/mol. The molecule has 1 aromatic rings. The van der Waals surface area contributed by atoms with Crippen molar-refractivity contribution in [1.29, 1.82) is 0 Å². The van der Waals surface area contributed by atoms with Crippen LogP contribution < -0.4 is 0 Å². The maximum atomic E-state index is 13.1. The zero-order chi connectivity index (χ0) is 27.7. The number of benzene rings is 1. The van der Waals surface area contributed by atoms with E-state index in [1.807, 2.05) is 52.0 Å². The molecule has 0 saturated carbocycles. The lowest BCUT2D eigenvalue weighted by molar-refractivity contribution is -0.117. The normalized spacial score (nSPS) is 21.3. The van der Waals surface area contributed by atoms with Crippen molar-refractivity contribution in [1.82, 2.24) is 0 Å². The van der Waals surface area contributed by atoms with Gasteiger partial charge in [0, 0.05) is 25.7 Å². The summed E-state index contributed by atoms with van der Waals surface area (Å²) in [5, 5.41) is 29.9. The molecule has 2 N–H and O–H groups in total. The maximum Gasteiger partial charge on any atom is 0.168 e. The first-order valence-electron chi connectivity index (χ1n) is 13.7. The monoisotopic (exact) mass is 524 g/mol. The summed E-state index contributed by atoms with van der Waals surface area (Å²) < 4.78 is 0. The number of hydrogen-bond acceptors (Lipinski definition) is 8. The third kappa shape index (κ3) is 6.91. The quantitative estimate of drug-likeness (QED) is 0.235. The number of nitrogens with zero attached hydrogens (tertiary/aromatic N) is 2. The van der Waals surface area contributed by atoms with Crippen LogP contribution in [0.3, 0.4) is 0 Å². The highest BCUT2D eigenvalue weighted by atomic mass is 16.6. The molecule has 2 unspecified atom stereocenters. The topological polar surface area (TPSA) is 118 Å². The van der Waals surface area contributed by atoms with Gasteiger partial charge in [-0.2, -0.15) is 0 Å². The van der Waals surface area contributed by atoms with Gasteiger partial charge in [-0.05, 0) is 49.7 Å². The van der Waals surface area contributed by atoms with Crippen LogP contribution in [-0.2, 0) is 19.3 Å². The van der Waals surface area contributed by atoms with E-state index in [9.17, 15) is 19.8 Å². The average Bonchev–Trinajstić information content (AvgIpc) is 2.89. The second-order valence-electron chi connectivity index (χ2n) is 9.78. The van der Waals surface area contributed by atoms with Crippen molar-refractivity contribution in [2.45, 2.75) is 90.9 Å². The van der Waals surface area contributed by atoms with Gasteiger partial charge in [-0.15, -0.1) is 0 Å². The number of carbonyl (C=O) groups is 2. The molecule has 1 aromatic carbocycles. The third-order valence-electron chi connectivity index (χ3n) is 6.89. The van der Waals surface area contributed by atoms with Crippen LogP contribution in [0, 0.1) is 0 Å². The van der Waals surface area contributed by atoms with Gasteiger partial charge in [-0.3, -0.25) is 9.59 Å². The molecule has 0 radical (unpaired) electrons. The van der Waals surface area contributed by atoms with Crippen molar-refractivity contribution in [3.8, 4) is 0 Å². The van der Waals surface area contributed by atoms with Crippen molar-refractivity contribution in [3.63, 3.8) is 0 Å². The van der Waals surface area contributed by atoms with Gasteiger partial charge >= 0.3 is 0 Å². The molecule has 0 bridgehead atoms. The number of hydrogen-bond donors (Lipinski definition) is 2. The summed E-state index contributed by atoms with van der Waals surface area (Å²) in [4.78, 5) is 36.6. The second-order valence-corrected chi connectivity index (χ2v) is 9.78. The van der Waals surface area contributed by atoms with Crippen LogP contribution in [0.1, 0.15) is 102 Å². The minimum absolute atomic E-state index is 0.0404. The van der Waals surface area contributed by atoms with Crippen LogP contribution in [0.5, 0.6) is 0 Å². The van der Waals surface area contributed by atoms with Crippen LogP contribution in [0.25, 0.3) is 0 Å². The molecule has 0 amide bonds. The van der Waals surface area contributed by atoms with Gasteiger partial charge in [-0.25, -0.2) is 0 Å². The summed E-state index contributed by atoms with van der Waals surface area (Å²) in [5.74, 6) is -0.584. The Morgan fingerprint density at radius 3 is 1.53 bits per heavy atom. The number of rotatable bonds is 12. The third-order valence-corrected chi connectivity index (χ3v) is 6.89. The summed E-state index contributed by atoms with van der Waals surface area (Å²) in [6, 6.07) is 7.79. The van der Waals surface area contributed by atoms with E-state index in [2.05, 4.69) is 10.3 Å². The Morgan fingerprint density at radius 2 is 1.18 bits per heavy atom. The van der Waals surface area contributed by atoms with Gasteiger partial charge in [-0.1, -0.05) is 61.3 Å². The van der Waals surface area contributed by atoms with Crippen molar-refractivity contribution < 1.29 is 29.5 Å². The number of Topliss-reactive ketones (excluding diaryl/α,β-unsaturated/α-hetero) is 2. The first-order valence-corrected chi connectivity index (χ1v) is 13.7. The fraction of sp³-hybridized carbons (Fsp3) is 0.533. The minimum atomic E-state index is -0.186. The number of aliphatic hydroxyl groups excluding tert-OH is 2.